The summed E-state index contributed by atoms with van der Waals surface area (Å²) in [6.45, 7) is 7.68. The second-order valence-electron chi connectivity index (χ2n) is 8.94. The molecule has 3 rings (SSSR count). The van der Waals surface area contributed by atoms with Gasteiger partial charge in [-0.1, -0.05) is 24.1 Å². The monoisotopic (exact) mass is 373 g/mol. The van der Waals surface area contributed by atoms with Crippen LogP contribution >= 0.6 is 0 Å². The third-order valence-electron chi connectivity index (χ3n) is 5.67. The molecule has 27 heavy (non-hydrogen) atoms. The van der Waals surface area contributed by atoms with Gasteiger partial charge in [-0.2, -0.15) is 0 Å². The molecule has 5 nitrogen and oxygen atoms in total. The number of benzene rings is 1. The van der Waals surface area contributed by atoms with E-state index in [4.69, 9.17) is 9.47 Å². The van der Waals surface area contributed by atoms with E-state index in [0.29, 0.717) is 23.3 Å². The molecule has 0 aliphatic heterocycles. The molecule has 4 atom stereocenters. The highest BCUT2D eigenvalue weighted by Gasteiger charge is 2.49. The second-order valence-corrected chi connectivity index (χ2v) is 8.94. The quantitative estimate of drug-likeness (QED) is 0.785. The normalized spacial score (nSPS) is 27.1. The predicted octanol–water partition coefficient (Wildman–Crippen LogP) is 4.58. The molecule has 0 bridgehead atoms. The Labute approximate surface area is 161 Å². The zero-order chi connectivity index (χ0) is 19.8. The van der Waals surface area contributed by atoms with Gasteiger partial charge in [0.25, 0.3) is 0 Å². The number of carbonyl (C=O) groups is 2. The van der Waals surface area contributed by atoms with Crippen LogP contribution in [-0.2, 0) is 9.47 Å². The Bertz CT molecular complexity index is 722. The molecule has 0 radical (unpaired) electrons. The first-order valence-corrected chi connectivity index (χ1v) is 9.88. The minimum absolute atomic E-state index is 0.154. The Morgan fingerprint density at radius 3 is 2.56 bits per heavy atom. The summed E-state index contributed by atoms with van der Waals surface area (Å²) in [6.07, 6.45) is 3.95. The van der Waals surface area contributed by atoms with Gasteiger partial charge >= 0.3 is 12.1 Å². The maximum Gasteiger partial charge on any atom is 0.407 e. The molecule has 2 saturated carbocycles. The standard InChI is InChI=1S/C22H31NO4/c1-13-9-10-15(20(24)26-5)16(11-13)18-12-17(18)14-7-6-8-19(14)23-21(25)27-22(2,3)4/h9-11,14,17-19H,6-8,12H2,1-5H3,(H,23,25)/t14?,17-,18?,19?/m0/s1. The van der Waals surface area contributed by atoms with Crippen LogP contribution in [0.5, 0.6) is 0 Å². The van der Waals surface area contributed by atoms with Crippen molar-refractivity contribution in [2.75, 3.05) is 7.11 Å². The van der Waals surface area contributed by atoms with Crippen molar-refractivity contribution in [1.82, 2.24) is 5.32 Å². The van der Waals surface area contributed by atoms with Crippen molar-refractivity contribution in [3.05, 3.63) is 34.9 Å². The largest absolute Gasteiger partial charge is 0.465 e. The average Bonchev–Trinajstić information content (AvgIpc) is 3.24. The molecule has 0 saturated heterocycles. The van der Waals surface area contributed by atoms with Crippen molar-refractivity contribution in [3.63, 3.8) is 0 Å². The fourth-order valence-electron chi connectivity index (χ4n) is 4.47. The van der Waals surface area contributed by atoms with E-state index in [9.17, 15) is 9.59 Å². The van der Waals surface area contributed by atoms with Gasteiger partial charge in [0.1, 0.15) is 5.60 Å². The number of carbonyl (C=O) groups excluding carboxylic acids is 2. The van der Waals surface area contributed by atoms with Gasteiger partial charge in [-0.3, -0.25) is 0 Å². The Morgan fingerprint density at radius 1 is 1.15 bits per heavy atom. The number of alkyl carbamates (subject to hydrolysis) is 1. The zero-order valence-corrected chi connectivity index (χ0v) is 17.0. The Morgan fingerprint density at radius 2 is 1.89 bits per heavy atom. The summed E-state index contributed by atoms with van der Waals surface area (Å²) in [5.41, 5.74) is 2.43. The summed E-state index contributed by atoms with van der Waals surface area (Å²) in [5.74, 6) is 1.03. The highest BCUT2D eigenvalue weighted by molar-refractivity contribution is 5.91. The first-order chi connectivity index (χ1) is 12.7. The van der Waals surface area contributed by atoms with Gasteiger partial charge in [-0.25, -0.2) is 9.59 Å². The number of amides is 1. The van der Waals surface area contributed by atoms with Gasteiger partial charge in [0.2, 0.25) is 0 Å². The van der Waals surface area contributed by atoms with E-state index in [1.165, 1.54) is 7.11 Å². The van der Waals surface area contributed by atoms with Crippen LogP contribution in [0, 0.1) is 18.8 Å². The first-order valence-electron chi connectivity index (χ1n) is 9.88. The van der Waals surface area contributed by atoms with E-state index in [0.717, 1.165) is 36.8 Å². The molecule has 3 unspecified atom stereocenters. The maximum absolute atomic E-state index is 12.2. The van der Waals surface area contributed by atoms with Crippen LogP contribution in [0.1, 0.15) is 73.9 Å². The summed E-state index contributed by atoms with van der Waals surface area (Å²) in [5, 5.41) is 3.09. The van der Waals surface area contributed by atoms with E-state index < -0.39 is 5.60 Å². The van der Waals surface area contributed by atoms with Gasteiger partial charge in [0, 0.05) is 6.04 Å². The highest BCUT2D eigenvalue weighted by atomic mass is 16.6. The lowest BCUT2D eigenvalue weighted by Crippen LogP contribution is -2.41. The van der Waals surface area contributed by atoms with Crippen molar-refractivity contribution in [2.45, 2.75) is 70.9 Å². The van der Waals surface area contributed by atoms with Crippen LogP contribution in [0.25, 0.3) is 0 Å². The van der Waals surface area contributed by atoms with Crippen LogP contribution in [0.3, 0.4) is 0 Å². The van der Waals surface area contributed by atoms with Gasteiger partial charge < -0.3 is 14.8 Å². The lowest BCUT2D eigenvalue weighted by atomic mass is 9.92. The third-order valence-corrected chi connectivity index (χ3v) is 5.67. The molecule has 2 fully saturated rings. The van der Waals surface area contributed by atoms with Gasteiger partial charge in [0.15, 0.2) is 0 Å². The number of methoxy groups -OCH3 is 1. The van der Waals surface area contributed by atoms with Crippen LogP contribution in [0.2, 0.25) is 0 Å². The summed E-state index contributed by atoms with van der Waals surface area (Å²) >= 11 is 0. The lowest BCUT2D eigenvalue weighted by molar-refractivity contribution is 0.0489. The van der Waals surface area contributed by atoms with Gasteiger partial charge in [-0.05, 0) is 76.3 Å². The fourth-order valence-corrected chi connectivity index (χ4v) is 4.47. The number of hydrogen-bond acceptors (Lipinski definition) is 4. The molecule has 0 spiro atoms. The van der Waals surface area contributed by atoms with Crippen molar-refractivity contribution >= 4 is 12.1 Å². The van der Waals surface area contributed by atoms with E-state index in [-0.39, 0.29) is 18.1 Å². The molecular weight excluding hydrogens is 342 g/mol. The first kappa shape index (κ1) is 19.7. The molecule has 1 aromatic carbocycles. The Kier molecular flexibility index (Phi) is 5.50. The molecule has 1 aromatic rings. The summed E-state index contributed by atoms with van der Waals surface area (Å²) in [4.78, 5) is 24.3. The molecule has 0 aromatic heterocycles. The summed E-state index contributed by atoms with van der Waals surface area (Å²) in [6, 6.07) is 6.09. The summed E-state index contributed by atoms with van der Waals surface area (Å²) < 4.78 is 10.4. The van der Waals surface area contributed by atoms with Crippen LogP contribution in [0.15, 0.2) is 18.2 Å². The van der Waals surface area contributed by atoms with Crippen molar-refractivity contribution in [2.24, 2.45) is 11.8 Å². The average molecular weight is 373 g/mol. The SMILES string of the molecule is COC(=O)c1ccc(C)cc1C1C[C@H]1C1CCCC1NC(=O)OC(C)(C)C. The topological polar surface area (TPSA) is 64.6 Å². The zero-order valence-electron chi connectivity index (χ0n) is 17.0. The van der Waals surface area contributed by atoms with E-state index >= 15 is 0 Å². The third kappa shape index (κ3) is 4.63. The van der Waals surface area contributed by atoms with Crippen LogP contribution in [0.4, 0.5) is 4.79 Å². The fraction of sp³-hybridized carbons (Fsp3) is 0.636. The number of aryl methyl sites for hydroxylation is 1. The van der Waals surface area contributed by atoms with E-state index in [2.05, 4.69) is 11.4 Å². The molecule has 1 amide bonds. The molecule has 148 valence electrons. The Hall–Kier alpha value is -2.04. The molecular formula is C22H31NO4. The number of rotatable bonds is 4. The lowest BCUT2D eigenvalue weighted by Gasteiger charge is -2.25. The predicted molar refractivity (Wildman–Crippen MR) is 104 cm³/mol. The maximum atomic E-state index is 12.2. The van der Waals surface area contributed by atoms with E-state index in [1.807, 2.05) is 39.8 Å². The number of hydrogen-bond donors (Lipinski definition) is 1. The Balaban J connectivity index is 1.70. The smallest absolute Gasteiger partial charge is 0.407 e. The minimum Gasteiger partial charge on any atom is -0.465 e. The molecule has 0 heterocycles. The van der Waals surface area contributed by atoms with Gasteiger partial charge in [-0.15, -0.1) is 0 Å². The van der Waals surface area contributed by atoms with E-state index in [1.54, 1.807) is 0 Å². The highest BCUT2D eigenvalue weighted by Crippen LogP contribution is 2.56. The molecule has 5 heteroatoms. The second kappa shape index (κ2) is 7.53. The van der Waals surface area contributed by atoms with Gasteiger partial charge in [0.05, 0.1) is 12.7 Å². The van der Waals surface area contributed by atoms with Crippen LogP contribution < -0.4 is 5.32 Å². The van der Waals surface area contributed by atoms with Crippen molar-refractivity contribution in [1.29, 1.82) is 0 Å². The summed E-state index contributed by atoms with van der Waals surface area (Å²) in [7, 11) is 1.42. The number of nitrogens with one attached hydrogen (secondary N) is 1. The number of ether oxygens (including phenoxy) is 2. The molecule has 2 aliphatic rings. The number of esters is 1. The van der Waals surface area contributed by atoms with Crippen molar-refractivity contribution in [3.8, 4) is 0 Å². The van der Waals surface area contributed by atoms with Crippen molar-refractivity contribution < 1.29 is 19.1 Å². The minimum atomic E-state index is -0.489. The molecule has 1 N–H and O–H groups in total. The van der Waals surface area contributed by atoms with Crippen LogP contribution in [-0.4, -0.2) is 30.8 Å². The molecule has 2 aliphatic carbocycles.